The second-order valence-electron chi connectivity index (χ2n) is 7.61. The van der Waals surface area contributed by atoms with Gasteiger partial charge in [0.25, 0.3) is 0 Å². The number of rotatable bonds is 5. The maximum absolute atomic E-state index is 12.2. The molecule has 1 aromatic carbocycles. The van der Waals surface area contributed by atoms with Crippen LogP contribution < -0.4 is 10.6 Å². The lowest BCUT2D eigenvalue weighted by Crippen LogP contribution is -2.39. The summed E-state index contributed by atoms with van der Waals surface area (Å²) in [5.41, 5.74) is 2.45. The predicted molar refractivity (Wildman–Crippen MR) is 103 cm³/mol. The van der Waals surface area contributed by atoms with Gasteiger partial charge in [0.15, 0.2) is 5.96 Å². The molecule has 0 aromatic heterocycles. The summed E-state index contributed by atoms with van der Waals surface area (Å²) in [6.45, 7) is 7.82. The molecule has 0 bridgehead atoms. The number of nitrogens with one attached hydrogen (secondary N) is 2. The van der Waals surface area contributed by atoms with Gasteiger partial charge in [0.2, 0.25) is 5.91 Å². The molecule has 136 valence electrons. The van der Waals surface area contributed by atoms with Crippen LogP contribution in [0.25, 0.3) is 0 Å². The van der Waals surface area contributed by atoms with Crippen molar-refractivity contribution in [2.75, 3.05) is 31.5 Å². The van der Waals surface area contributed by atoms with Crippen molar-refractivity contribution in [2.45, 2.75) is 39.5 Å². The van der Waals surface area contributed by atoms with Crippen molar-refractivity contribution in [3.63, 3.8) is 0 Å². The summed E-state index contributed by atoms with van der Waals surface area (Å²) in [5.74, 6) is 2.32. The number of hydrogen-bond donors (Lipinski definition) is 2. The molecular weight excluding hydrogens is 312 g/mol. The molecule has 0 saturated carbocycles. The molecule has 1 amide bonds. The van der Waals surface area contributed by atoms with Gasteiger partial charge in [-0.15, -0.1) is 0 Å². The molecule has 1 fully saturated rings. The molecule has 2 heterocycles. The monoisotopic (exact) mass is 342 g/mol. The maximum Gasteiger partial charge on any atom is 0.222 e. The molecule has 0 spiro atoms. The van der Waals surface area contributed by atoms with E-state index in [1.807, 2.05) is 0 Å². The first kappa shape index (κ1) is 17.8. The van der Waals surface area contributed by atoms with E-state index >= 15 is 0 Å². The van der Waals surface area contributed by atoms with Crippen LogP contribution in [-0.2, 0) is 11.2 Å². The van der Waals surface area contributed by atoms with E-state index in [9.17, 15) is 4.79 Å². The second-order valence-corrected chi connectivity index (χ2v) is 7.61. The van der Waals surface area contributed by atoms with Gasteiger partial charge in [-0.25, -0.2) is 0 Å². The molecule has 2 aliphatic rings. The van der Waals surface area contributed by atoms with Crippen LogP contribution in [0.15, 0.2) is 29.3 Å². The molecule has 0 atom stereocenters. The molecule has 0 aliphatic carbocycles. The number of amides is 1. The SMILES string of the molecule is CC(C)CC(=O)N1CCC(Cc2ccc(NC3=NCCN3)cc2)CC1. The summed E-state index contributed by atoms with van der Waals surface area (Å²) in [6, 6.07) is 8.65. The summed E-state index contributed by atoms with van der Waals surface area (Å²) < 4.78 is 0. The third kappa shape index (κ3) is 5.21. The van der Waals surface area contributed by atoms with Gasteiger partial charge < -0.3 is 15.5 Å². The summed E-state index contributed by atoms with van der Waals surface area (Å²) in [4.78, 5) is 18.6. The summed E-state index contributed by atoms with van der Waals surface area (Å²) in [7, 11) is 0. The highest BCUT2D eigenvalue weighted by atomic mass is 16.2. The molecule has 5 heteroatoms. The van der Waals surface area contributed by atoms with Gasteiger partial charge in [0, 0.05) is 31.7 Å². The van der Waals surface area contributed by atoms with Crippen molar-refractivity contribution in [3.05, 3.63) is 29.8 Å². The lowest BCUT2D eigenvalue weighted by molar-refractivity contribution is -0.133. The van der Waals surface area contributed by atoms with Gasteiger partial charge in [0.05, 0.1) is 6.54 Å². The van der Waals surface area contributed by atoms with E-state index in [2.05, 4.69) is 58.6 Å². The van der Waals surface area contributed by atoms with Crippen LogP contribution in [0.4, 0.5) is 5.69 Å². The summed E-state index contributed by atoms with van der Waals surface area (Å²) >= 11 is 0. The van der Waals surface area contributed by atoms with E-state index in [1.54, 1.807) is 0 Å². The lowest BCUT2D eigenvalue weighted by Gasteiger charge is -2.32. The fraction of sp³-hybridized carbons (Fsp3) is 0.600. The first-order chi connectivity index (χ1) is 12.1. The zero-order valence-electron chi connectivity index (χ0n) is 15.4. The number of carbonyl (C=O) groups is 1. The topological polar surface area (TPSA) is 56.7 Å². The number of aliphatic imine (C=N–C) groups is 1. The van der Waals surface area contributed by atoms with Gasteiger partial charge >= 0.3 is 0 Å². The van der Waals surface area contributed by atoms with E-state index in [-0.39, 0.29) is 0 Å². The average Bonchev–Trinajstić information content (AvgIpc) is 3.10. The fourth-order valence-corrected chi connectivity index (χ4v) is 3.54. The Kier molecular flexibility index (Phi) is 5.95. The normalized spacial score (nSPS) is 18.2. The van der Waals surface area contributed by atoms with Gasteiger partial charge in [-0.1, -0.05) is 26.0 Å². The molecular formula is C20H30N4O. The Labute approximate surface area is 150 Å². The molecule has 2 aliphatic heterocycles. The second kappa shape index (κ2) is 8.37. The van der Waals surface area contributed by atoms with Gasteiger partial charge in [-0.05, 0) is 48.8 Å². The lowest BCUT2D eigenvalue weighted by atomic mass is 9.90. The zero-order valence-corrected chi connectivity index (χ0v) is 15.4. The number of hydrogen-bond acceptors (Lipinski definition) is 4. The first-order valence-corrected chi connectivity index (χ1v) is 9.52. The van der Waals surface area contributed by atoms with E-state index in [1.165, 1.54) is 5.56 Å². The van der Waals surface area contributed by atoms with Crippen molar-refractivity contribution in [1.82, 2.24) is 10.2 Å². The molecule has 0 unspecified atom stereocenters. The Morgan fingerprint density at radius 3 is 2.60 bits per heavy atom. The number of guanidine groups is 1. The van der Waals surface area contributed by atoms with Gasteiger partial charge in [-0.3, -0.25) is 9.79 Å². The predicted octanol–water partition coefficient (Wildman–Crippen LogP) is 2.88. The first-order valence-electron chi connectivity index (χ1n) is 9.52. The molecule has 5 nitrogen and oxygen atoms in total. The minimum Gasteiger partial charge on any atom is -0.354 e. The quantitative estimate of drug-likeness (QED) is 0.865. The molecule has 1 aromatic rings. The minimum absolute atomic E-state index is 0.326. The largest absolute Gasteiger partial charge is 0.354 e. The molecule has 3 rings (SSSR count). The van der Waals surface area contributed by atoms with Crippen molar-refractivity contribution >= 4 is 17.6 Å². The van der Waals surface area contributed by atoms with E-state index < -0.39 is 0 Å². The number of piperidine rings is 1. The number of carbonyl (C=O) groups excluding carboxylic acids is 1. The van der Waals surface area contributed by atoms with Crippen LogP contribution in [-0.4, -0.2) is 42.9 Å². The standard InChI is InChI=1S/C20H30N4O/c1-15(2)13-19(25)24-11-7-17(8-12-24)14-16-3-5-18(6-4-16)23-20-21-9-10-22-20/h3-6,15,17H,7-14H2,1-2H3,(H2,21,22,23). The average molecular weight is 342 g/mol. The number of anilines is 1. The van der Waals surface area contributed by atoms with Crippen molar-refractivity contribution < 1.29 is 4.79 Å². The smallest absolute Gasteiger partial charge is 0.222 e. The van der Waals surface area contributed by atoms with Crippen LogP contribution in [0.5, 0.6) is 0 Å². The Morgan fingerprint density at radius 2 is 2.00 bits per heavy atom. The Balaban J connectivity index is 1.45. The maximum atomic E-state index is 12.2. The number of benzene rings is 1. The van der Waals surface area contributed by atoms with Crippen LogP contribution in [0.2, 0.25) is 0 Å². The van der Waals surface area contributed by atoms with Crippen LogP contribution in [0, 0.1) is 11.8 Å². The zero-order chi connectivity index (χ0) is 17.6. The number of nitrogens with zero attached hydrogens (tertiary/aromatic N) is 2. The van der Waals surface area contributed by atoms with Gasteiger partial charge in [-0.2, -0.15) is 0 Å². The highest BCUT2D eigenvalue weighted by molar-refractivity contribution is 5.94. The fourth-order valence-electron chi connectivity index (χ4n) is 3.54. The van der Waals surface area contributed by atoms with Crippen LogP contribution >= 0.6 is 0 Å². The Morgan fingerprint density at radius 1 is 1.28 bits per heavy atom. The van der Waals surface area contributed by atoms with E-state index in [0.717, 1.165) is 57.1 Å². The van der Waals surface area contributed by atoms with Crippen molar-refractivity contribution in [1.29, 1.82) is 0 Å². The Bertz CT molecular complexity index is 601. The molecule has 2 N–H and O–H groups in total. The third-order valence-corrected chi connectivity index (χ3v) is 4.97. The number of likely N-dealkylation sites (tertiary alicyclic amines) is 1. The van der Waals surface area contributed by atoms with Crippen LogP contribution in [0.1, 0.15) is 38.7 Å². The summed E-state index contributed by atoms with van der Waals surface area (Å²) in [5, 5.41) is 6.52. The highest BCUT2D eigenvalue weighted by Crippen LogP contribution is 2.23. The molecule has 0 radical (unpaired) electrons. The van der Waals surface area contributed by atoms with Crippen molar-refractivity contribution in [3.8, 4) is 0 Å². The van der Waals surface area contributed by atoms with Crippen LogP contribution in [0.3, 0.4) is 0 Å². The van der Waals surface area contributed by atoms with E-state index in [0.29, 0.717) is 24.2 Å². The third-order valence-electron chi connectivity index (χ3n) is 4.97. The van der Waals surface area contributed by atoms with E-state index in [4.69, 9.17) is 0 Å². The molecule has 25 heavy (non-hydrogen) atoms. The minimum atomic E-state index is 0.326. The van der Waals surface area contributed by atoms with Gasteiger partial charge in [0.1, 0.15) is 0 Å². The summed E-state index contributed by atoms with van der Waals surface area (Å²) in [6.07, 6.45) is 4.01. The Hall–Kier alpha value is -2.04. The molecule has 1 saturated heterocycles. The van der Waals surface area contributed by atoms with Crippen molar-refractivity contribution in [2.24, 2.45) is 16.8 Å². The highest BCUT2D eigenvalue weighted by Gasteiger charge is 2.23.